The van der Waals surface area contributed by atoms with Crippen molar-refractivity contribution in [1.29, 1.82) is 0 Å². The van der Waals surface area contributed by atoms with Gasteiger partial charge in [0.15, 0.2) is 5.96 Å². The van der Waals surface area contributed by atoms with Gasteiger partial charge in [-0.05, 0) is 43.5 Å². The van der Waals surface area contributed by atoms with Crippen molar-refractivity contribution in [1.82, 2.24) is 15.5 Å². The summed E-state index contributed by atoms with van der Waals surface area (Å²) in [4.78, 5) is 6.79. The number of guanidine groups is 1. The lowest BCUT2D eigenvalue weighted by Crippen LogP contribution is -2.51. The van der Waals surface area contributed by atoms with Crippen LogP contribution in [0, 0.1) is 5.82 Å². The van der Waals surface area contributed by atoms with Crippen LogP contribution in [0.15, 0.2) is 29.3 Å². The normalized spacial score (nSPS) is 23.7. The second kappa shape index (κ2) is 10.3. The maximum absolute atomic E-state index is 12.9. The zero-order valence-electron chi connectivity index (χ0n) is 14.7. The fourth-order valence-corrected chi connectivity index (χ4v) is 3.42. The SMILES string of the molecule is CN=C(NCCc1ccc(F)cc1)NCC1CN2CCCC2CO1.I. The smallest absolute Gasteiger partial charge is 0.191 e. The number of aliphatic imine (C=N–C) groups is 1. The molecule has 2 N–H and O–H groups in total. The highest BCUT2D eigenvalue weighted by molar-refractivity contribution is 14.0. The topological polar surface area (TPSA) is 48.9 Å². The molecule has 0 aliphatic carbocycles. The van der Waals surface area contributed by atoms with E-state index in [1.807, 2.05) is 12.1 Å². The molecule has 2 saturated heterocycles. The molecule has 0 spiro atoms. The Bertz CT molecular complexity index is 555. The Morgan fingerprint density at radius 1 is 1.32 bits per heavy atom. The quantitative estimate of drug-likeness (QED) is 0.400. The first-order valence-electron chi connectivity index (χ1n) is 8.79. The maximum atomic E-state index is 12.9. The van der Waals surface area contributed by atoms with E-state index in [1.54, 1.807) is 7.05 Å². The summed E-state index contributed by atoms with van der Waals surface area (Å²) in [6, 6.07) is 7.25. The van der Waals surface area contributed by atoms with Gasteiger partial charge in [0.2, 0.25) is 0 Å². The number of morpholine rings is 1. The van der Waals surface area contributed by atoms with E-state index in [4.69, 9.17) is 4.74 Å². The third-order valence-corrected chi connectivity index (χ3v) is 4.80. The second-order valence-electron chi connectivity index (χ2n) is 6.50. The first kappa shape index (κ1) is 20.4. The molecule has 2 unspecified atom stereocenters. The Hall–Kier alpha value is -0.930. The molecule has 2 aliphatic heterocycles. The average Bonchev–Trinajstić information content (AvgIpc) is 3.07. The summed E-state index contributed by atoms with van der Waals surface area (Å²) in [5, 5.41) is 6.64. The van der Waals surface area contributed by atoms with Crippen molar-refractivity contribution in [3.63, 3.8) is 0 Å². The fraction of sp³-hybridized carbons (Fsp3) is 0.611. The van der Waals surface area contributed by atoms with E-state index < -0.39 is 0 Å². The zero-order valence-corrected chi connectivity index (χ0v) is 17.0. The van der Waals surface area contributed by atoms with Gasteiger partial charge in [0.25, 0.3) is 0 Å². The minimum atomic E-state index is -0.197. The van der Waals surface area contributed by atoms with Crippen LogP contribution in [0.2, 0.25) is 0 Å². The number of hydrogen-bond acceptors (Lipinski definition) is 3. The van der Waals surface area contributed by atoms with Gasteiger partial charge in [-0.3, -0.25) is 9.89 Å². The number of nitrogens with one attached hydrogen (secondary N) is 2. The zero-order chi connectivity index (χ0) is 16.8. The van der Waals surface area contributed by atoms with Gasteiger partial charge >= 0.3 is 0 Å². The molecule has 5 nitrogen and oxygen atoms in total. The molecule has 0 amide bonds. The van der Waals surface area contributed by atoms with E-state index in [1.165, 1.54) is 31.5 Å². The van der Waals surface area contributed by atoms with Crippen molar-refractivity contribution in [2.24, 2.45) is 4.99 Å². The monoisotopic (exact) mass is 462 g/mol. The summed E-state index contributed by atoms with van der Waals surface area (Å²) >= 11 is 0. The Balaban J connectivity index is 0.00000225. The van der Waals surface area contributed by atoms with Crippen molar-refractivity contribution >= 4 is 29.9 Å². The van der Waals surface area contributed by atoms with E-state index in [-0.39, 0.29) is 35.9 Å². The highest BCUT2D eigenvalue weighted by Gasteiger charge is 2.32. The molecule has 0 bridgehead atoms. The van der Waals surface area contributed by atoms with Crippen molar-refractivity contribution in [2.75, 3.05) is 39.8 Å². The Morgan fingerprint density at radius 2 is 2.12 bits per heavy atom. The highest BCUT2D eigenvalue weighted by Crippen LogP contribution is 2.22. The van der Waals surface area contributed by atoms with Crippen LogP contribution in [0.5, 0.6) is 0 Å². The number of benzene rings is 1. The summed E-state index contributed by atoms with van der Waals surface area (Å²) < 4.78 is 18.8. The largest absolute Gasteiger partial charge is 0.373 e. The van der Waals surface area contributed by atoms with Crippen molar-refractivity contribution in [3.8, 4) is 0 Å². The molecule has 2 aliphatic rings. The number of hydrogen-bond donors (Lipinski definition) is 2. The van der Waals surface area contributed by atoms with Crippen molar-refractivity contribution in [3.05, 3.63) is 35.6 Å². The summed E-state index contributed by atoms with van der Waals surface area (Å²) in [7, 11) is 1.77. The van der Waals surface area contributed by atoms with E-state index in [2.05, 4.69) is 20.5 Å². The first-order valence-corrected chi connectivity index (χ1v) is 8.79. The van der Waals surface area contributed by atoms with Crippen molar-refractivity contribution in [2.45, 2.75) is 31.4 Å². The molecule has 25 heavy (non-hydrogen) atoms. The molecule has 1 aromatic rings. The Kier molecular flexibility index (Phi) is 8.38. The van der Waals surface area contributed by atoms with Gasteiger partial charge in [-0.15, -0.1) is 24.0 Å². The van der Waals surface area contributed by atoms with Crippen LogP contribution in [0.3, 0.4) is 0 Å². The summed E-state index contributed by atoms with van der Waals surface area (Å²) in [5.41, 5.74) is 1.11. The van der Waals surface area contributed by atoms with Crippen LogP contribution in [0.25, 0.3) is 0 Å². The van der Waals surface area contributed by atoms with Crippen LogP contribution < -0.4 is 10.6 Å². The number of fused-ring (bicyclic) bond motifs is 1. The van der Waals surface area contributed by atoms with Gasteiger partial charge in [0.1, 0.15) is 5.82 Å². The lowest BCUT2D eigenvalue weighted by molar-refractivity contribution is -0.0453. The minimum Gasteiger partial charge on any atom is -0.373 e. The lowest BCUT2D eigenvalue weighted by atomic mass is 10.1. The maximum Gasteiger partial charge on any atom is 0.191 e. The molecule has 2 heterocycles. The number of rotatable bonds is 5. The predicted molar refractivity (Wildman–Crippen MR) is 109 cm³/mol. The van der Waals surface area contributed by atoms with Crippen LogP contribution in [0.4, 0.5) is 4.39 Å². The van der Waals surface area contributed by atoms with Gasteiger partial charge in [0, 0.05) is 32.7 Å². The van der Waals surface area contributed by atoms with Crippen LogP contribution in [0.1, 0.15) is 18.4 Å². The summed E-state index contributed by atoms with van der Waals surface area (Å²) in [6.07, 6.45) is 3.61. The van der Waals surface area contributed by atoms with Crippen molar-refractivity contribution < 1.29 is 9.13 Å². The van der Waals surface area contributed by atoms with Gasteiger partial charge in [-0.25, -0.2) is 4.39 Å². The molecule has 7 heteroatoms. The van der Waals surface area contributed by atoms with E-state index >= 15 is 0 Å². The van der Waals surface area contributed by atoms with E-state index in [0.717, 1.165) is 44.2 Å². The number of halogens is 2. The molecule has 0 radical (unpaired) electrons. The molecule has 3 rings (SSSR count). The summed E-state index contributed by atoms with van der Waals surface area (Å²) in [6.45, 7) is 4.58. The third-order valence-electron chi connectivity index (χ3n) is 4.80. The minimum absolute atomic E-state index is 0. The van der Waals surface area contributed by atoms with Crippen LogP contribution >= 0.6 is 24.0 Å². The molecular formula is C18H28FIN4O. The Labute approximate surface area is 166 Å². The molecular weight excluding hydrogens is 434 g/mol. The van der Waals surface area contributed by atoms with E-state index in [0.29, 0.717) is 6.04 Å². The summed E-state index contributed by atoms with van der Waals surface area (Å²) in [5.74, 6) is 0.584. The molecule has 2 fully saturated rings. The van der Waals surface area contributed by atoms with E-state index in [9.17, 15) is 4.39 Å². The van der Waals surface area contributed by atoms with Gasteiger partial charge in [0.05, 0.1) is 12.7 Å². The van der Waals surface area contributed by atoms with Gasteiger partial charge in [-0.1, -0.05) is 12.1 Å². The number of nitrogens with zero attached hydrogens (tertiary/aromatic N) is 2. The molecule has 2 atom stereocenters. The second-order valence-corrected chi connectivity index (χ2v) is 6.50. The fourth-order valence-electron chi connectivity index (χ4n) is 3.42. The van der Waals surface area contributed by atoms with Crippen LogP contribution in [-0.4, -0.2) is 62.8 Å². The van der Waals surface area contributed by atoms with Crippen LogP contribution in [-0.2, 0) is 11.2 Å². The molecule has 0 saturated carbocycles. The third kappa shape index (κ3) is 6.07. The number of ether oxygens (including phenoxy) is 1. The molecule has 0 aromatic heterocycles. The first-order chi connectivity index (χ1) is 11.7. The van der Waals surface area contributed by atoms with Gasteiger partial charge < -0.3 is 15.4 Å². The lowest BCUT2D eigenvalue weighted by Gasteiger charge is -2.35. The highest BCUT2D eigenvalue weighted by atomic mass is 127. The molecule has 1 aromatic carbocycles. The average molecular weight is 462 g/mol. The predicted octanol–water partition coefficient (Wildman–Crippen LogP) is 2.01. The Morgan fingerprint density at radius 3 is 2.88 bits per heavy atom. The standard InChI is InChI=1S/C18H27FN4O.HI/c1-20-18(21-9-8-14-4-6-15(19)7-5-14)22-11-17-12-23-10-2-3-16(23)13-24-17;/h4-7,16-17H,2-3,8-13H2,1H3,(H2,20,21,22);1H. The van der Waals surface area contributed by atoms with Gasteiger partial charge in [-0.2, -0.15) is 0 Å². The molecule has 140 valence electrons.